The van der Waals surface area contributed by atoms with E-state index in [0.717, 1.165) is 10.9 Å². The lowest BCUT2D eigenvalue weighted by Gasteiger charge is -2.34. The van der Waals surface area contributed by atoms with Crippen LogP contribution in [0.25, 0.3) is 10.9 Å². The van der Waals surface area contributed by atoms with E-state index in [1.54, 1.807) is 9.58 Å². The Morgan fingerprint density at radius 3 is 3.10 bits per heavy atom. The van der Waals surface area contributed by atoms with Crippen molar-refractivity contribution in [2.24, 2.45) is 12.8 Å². The lowest BCUT2D eigenvalue weighted by Crippen LogP contribution is -2.52. The number of morpholine rings is 1. The first kappa shape index (κ1) is 13.1. The van der Waals surface area contributed by atoms with Gasteiger partial charge in [-0.1, -0.05) is 18.2 Å². The van der Waals surface area contributed by atoms with Gasteiger partial charge in [0, 0.05) is 25.5 Å². The van der Waals surface area contributed by atoms with Crippen molar-refractivity contribution < 1.29 is 9.53 Å². The van der Waals surface area contributed by atoms with Crippen molar-refractivity contribution in [3.05, 3.63) is 30.0 Å². The summed E-state index contributed by atoms with van der Waals surface area (Å²) in [6, 6.07) is 7.67. The second-order valence-electron chi connectivity index (χ2n) is 4.95. The Hall–Kier alpha value is -1.92. The maximum Gasteiger partial charge on any atom is 0.275 e. The monoisotopic (exact) mass is 274 g/mol. The summed E-state index contributed by atoms with van der Waals surface area (Å²) in [7, 11) is 1.85. The average molecular weight is 274 g/mol. The Morgan fingerprint density at radius 2 is 2.30 bits per heavy atom. The number of rotatable bonds is 2. The molecule has 1 atom stereocenters. The van der Waals surface area contributed by atoms with Crippen LogP contribution in [0.15, 0.2) is 24.3 Å². The fourth-order valence-electron chi connectivity index (χ4n) is 2.63. The Labute approximate surface area is 117 Å². The zero-order valence-electron chi connectivity index (χ0n) is 11.5. The summed E-state index contributed by atoms with van der Waals surface area (Å²) in [5.74, 6) is -0.0689. The number of carbonyl (C=O) groups excluding carboxylic acids is 1. The van der Waals surface area contributed by atoms with Crippen molar-refractivity contribution in [1.29, 1.82) is 0 Å². The molecule has 2 aromatic rings. The minimum atomic E-state index is -0.0722. The molecule has 6 nitrogen and oxygen atoms in total. The number of ether oxygens (including phenoxy) is 1. The third-order valence-corrected chi connectivity index (χ3v) is 3.72. The Bertz CT molecular complexity index is 637. The van der Waals surface area contributed by atoms with Gasteiger partial charge in [0.25, 0.3) is 5.91 Å². The van der Waals surface area contributed by atoms with E-state index in [1.165, 1.54) is 0 Å². The molecule has 106 valence electrons. The van der Waals surface area contributed by atoms with Crippen LogP contribution < -0.4 is 5.73 Å². The Balaban J connectivity index is 2.00. The van der Waals surface area contributed by atoms with Crippen molar-refractivity contribution in [2.75, 3.05) is 26.3 Å². The fourth-order valence-corrected chi connectivity index (χ4v) is 2.63. The number of nitrogens with zero attached hydrogens (tertiary/aromatic N) is 3. The third kappa shape index (κ3) is 2.07. The van der Waals surface area contributed by atoms with Gasteiger partial charge < -0.3 is 15.4 Å². The molecule has 6 heteroatoms. The third-order valence-electron chi connectivity index (χ3n) is 3.72. The van der Waals surface area contributed by atoms with Crippen LogP contribution in [0.4, 0.5) is 0 Å². The number of aryl methyl sites for hydroxylation is 1. The normalized spacial score (nSPS) is 19.5. The van der Waals surface area contributed by atoms with Crippen LogP contribution >= 0.6 is 0 Å². The first-order chi connectivity index (χ1) is 9.72. The molecule has 2 N–H and O–H groups in total. The number of fused-ring (bicyclic) bond motifs is 1. The number of nitrogens with two attached hydrogens (primary N) is 1. The molecule has 1 unspecified atom stereocenters. The molecular weight excluding hydrogens is 256 g/mol. The summed E-state index contributed by atoms with van der Waals surface area (Å²) in [5.41, 5.74) is 7.17. The fraction of sp³-hybridized carbons (Fsp3) is 0.429. The van der Waals surface area contributed by atoms with E-state index in [0.29, 0.717) is 32.0 Å². The molecule has 1 aliphatic heterocycles. The molecule has 2 heterocycles. The van der Waals surface area contributed by atoms with Gasteiger partial charge in [-0.25, -0.2) is 0 Å². The van der Waals surface area contributed by atoms with E-state index in [-0.39, 0.29) is 11.9 Å². The summed E-state index contributed by atoms with van der Waals surface area (Å²) < 4.78 is 7.12. The minimum absolute atomic E-state index is 0.0689. The van der Waals surface area contributed by atoms with Crippen molar-refractivity contribution in [2.45, 2.75) is 6.04 Å². The van der Waals surface area contributed by atoms with Gasteiger partial charge in [-0.2, -0.15) is 5.10 Å². The van der Waals surface area contributed by atoms with E-state index in [2.05, 4.69) is 5.10 Å². The molecule has 0 bridgehead atoms. The first-order valence-corrected chi connectivity index (χ1v) is 6.73. The zero-order chi connectivity index (χ0) is 14.1. The standard InChI is InChI=1S/C14H18N4O2/c1-17-12-5-3-2-4-11(12)13(16-17)14(19)18-6-7-20-9-10(18)8-15/h2-5,10H,6-9,15H2,1H3. The predicted octanol–water partition coefficient (Wildman–Crippen LogP) is 0.373. The minimum Gasteiger partial charge on any atom is -0.377 e. The van der Waals surface area contributed by atoms with Gasteiger partial charge in [0.1, 0.15) is 0 Å². The molecule has 1 saturated heterocycles. The molecule has 1 aromatic carbocycles. The lowest BCUT2D eigenvalue weighted by atomic mass is 10.1. The van der Waals surface area contributed by atoms with E-state index < -0.39 is 0 Å². The summed E-state index contributed by atoms with van der Waals surface area (Å²) in [6.45, 7) is 2.00. The largest absolute Gasteiger partial charge is 0.377 e. The van der Waals surface area contributed by atoms with E-state index in [1.807, 2.05) is 31.3 Å². The molecule has 0 spiro atoms. The molecule has 0 aliphatic carbocycles. The number of carbonyl (C=O) groups is 1. The summed E-state index contributed by atoms with van der Waals surface area (Å²) in [4.78, 5) is 14.5. The van der Waals surface area contributed by atoms with E-state index >= 15 is 0 Å². The van der Waals surface area contributed by atoms with Gasteiger partial charge >= 0.3 is 0 Å². The zero-order valence-corrected chi connectivity index (χ0v) is 11.5. The van der Waals surface area contributed by atoms with Gasteiger partial charge in [0.15, 0.2) is 5.69 Å². The number of para-hydroxylation sites is 1. The first-order valence-electron chi connectivity index (χ1n) is 6.73. The topological polar surface area (TPSA) is 73.4 Å². The summed E-state index contributed by atoms with van der Waals surface area (Å²) in [6.07, 6.45) is 0. The van der Waals surface area contributed by atoms with Crippen molar-refractivity contribution in [3.63, 3.8) is 0 Å². The number of benzene rings is 1. The lowest BCUT2D eigenvalue weighted by molar-refractivity contribution is 0.000591. The Morgan fingerprint density at radius 1 is 1.50 bits per heavy atom. The van der Waals surface area contributed by atoms with Gasteiger partial charge in [-0.3, -0.25) is 9.48 Å². The molecule has 0 radical (unpaired) electrons. The van der Waals surface area contributed by atoms with Crippen molar-refractivity contribution in [3.8, 4) is 0 Å². The highest BCUT2D eigenvalue weighted by atomic mass is 16.5. The molecule has 1 fully saturated rings. The van der Waals surface area contributed by atoms with Crippen molar-refractivity contribution in [1.82, 2.24) is 14.7 Å². The molecular formula is C14H18N4O2. The highest BCUT2D eigenvalue weighted by Gasteiger charge is 2.29. The molecule has 0 saturated carbocycles. The Kier molecular flexibility index (Phi) is 3.42. The molecule has 1 amide bonds. The van der Waals surface area contributed by atoms with Crippen LogP contribution in [0.1, 0.15) is 10.5 Å². The smallest absolute Gasteiger partial charge is 0.275 e. The van der Waals surface area contributed by atoms with Gasteiger partial charge in [-0.15, -0.1) is 0 Å². The van der Waals surface area contributed by atoms with Gasteiger partial charge in [0.2, 0.25) is 0 Å². The molecule has 20 heavy (non-hydrogen) atoms. The van der Waals surface area contributed by atoms with Crippen LogP contribution in [0.5, 0.6) is 0 Å². The van der Waals surface area contributed by atoms with Crippen LogP contribution in [0.2, 0.25) is 0 Å². The second kappa shape index (κ2) is 5.22. The van der Waals surface area contributed by atoms with E-state index in [9.17, 15) is 4.79 Å². The van der Waals surface area contributed by atoms with Gasteiger partial charge in [0.05, 0.1) is 24.8 Å². The maximum atomic E-state index is 12.7. The van der Waals surface area contributed by atoms with E-state index in [4.69, 9.17) is 10.5 Å². The number of amides is 1. The average Bonchev–Trinajstić information content (AvgIpc) is 2.84. The molecule has 1 aromatic heterocycles. The second-order valence-corrected chi connectivity index (χ2v) is 4.95. The van der Waals surface area contributed by atoms with Crippen LogP contribution in [0.3, 0.4) is 0 Å². The number of aromatic nitrogens is 2. The highest BCUT2D eigenvalue weighted by Crippen LogP contribution is 2.20. The van der Waals surface area contributed by atoms with Gasteiger partial charge in [-0.05, 0) is 6.07 Å². The summed E-state index contributed by atoms with van der Waals surface area (Å²) >= 11 is 0. The summed E-state index contributed by atoms with van der Waals surface area (Å²) in [5, 5.41) is 5.25. The SMILES string of the molecule is Cn1nc(C(=O)N2CCOCC2CN)c2ccccc21. The molecule has 1 aliphatic rings. The van der Waals surface area contributed by atoms with Crippen molar-refractivity contribution >= 4 is 16.8 Å². The quantitative estimate of drug-likeness (QED) is 0.859. The highest BCUT2D eigenvalue weighted by molar-refractivity contribution is 6.05. The van der Waals surface area contributed by atoms with Crippen LogP contribution in [-0.4, -0.2) is 52.9 Å². The van der Waals surface area contributed by atoms with Crippen LogP contribution in [-0.2, 0) is 11.8 Å². The number of hydrogen-bond acceptors (Lipinski definition) is 4. The number of hydrogen-bond donors (Lipinski definition) is 1. The molecule has 3 rings (SSSR count). The van der Waals surface area contributed by atoms with Crippen LogP contribution in [0, 0.1) is 0 Å². The predicted molar refractivity (Wildman–Crippen MR) is 75.4 cm³/mol. The maximum absolute atomic E-state index is 12.7.